The molecule has 0 saturated carbocycles. The van der Waals surface area contributed by atoms with Crippen LogP contribution in [-0.2, 0) is 5.88 Å². The fraction of sp³-hybridized carbons (Fsp3) is 0.0588. The van der Waals surface area contributed by atoms with Crippen molar-refractivity contribution in [1.29, 1.82) is 0 Å². The molecule has 0 radical (unpaired) electrons. The van der Waals surface area contributed by atoms with E-state index in [1.54, 1.807) is 18.2 Å². The minimum atomic E-state index is -0.987. The van der Waals surface area contributed by atoms with Crippen molar-refractivity contribution in [3.8, 4) is 5.75 Å². The molecule has 24 heavy (non-hydrogen) atoms. The van der Waals surface area contributed by atoms with Crippen molar-refractivity contribution in [3.05, 3.63) is 69.8 Å². The van der Waals surface area contributed by atoms with Gasteiger partial charge in [-0.05, 0) is 35.9 Å². The zero-order valence-corrected chi connectivity index (χ0v) is 13.0. The first kappa shape index (κ1) is 16.0. The van der Waals surface area contributed by atoms with Crippen LogP contribution in [0.15, 0.2) is 51.7 Å². The molecule has 2 N–H and O–H groups in total. The number of rotatable bonds is 3. The number of esters is 1. The average Bonchev–Trinajstić information content (AvgIpc) is 2.57. The Labute approximate surface area is 140 Å². The molecule has 0 fully saturated rings. The topological polar surface area (TPSA) is 82.5 Å². The van der Waals surface area contributed by atoms with Gasteiger partial charge in [0.25, 0.3) is 0 Å². The maximum absolute atomic E-state index is 13.2. The Balaban J connectivity index is 2.01. The van der Waals surface area contributed by atoms with Gasteiger partial charge in [0.05, 0.1) is 5.69 Å². The van der Waals surface area contributed by atoms with Crippen LogP contribution in [0.5, 0.6) is 5.75 Å². The summed E-state index contributed by atoms with van der Waals surface area (Å²) >= 11 is 5.77. The lowest BCUT2D eigenvalue weighted by Crippen LogP contribution is -2.19. The minimum absolute atomic E-state index is 0.0688. The Morgan fingerprint density at radius 3 is 2.75 bits per heavy atom. The van der Waals surface area contributed by atoms with Gasteiger partial charge in [0.2, 0.25) is 0 Å². The van der Waals surface area contributed by atoms with Gasteiger partial charge in [0.15, 0.2) is 5.75 Å². The highest BCUT2D eigenvalue weighted by molar-refractivity contribution is 6.17. The number of halogens is 2. The normalized spacial score (nSPS) is 10.8. The maximum atomic E-state index is 13.2. The van der Waals surface area contributed by atoms with Crippen LogP contribution < -0.4 is 16.1 Å². The third kappa shape index (κ3) is 3.09. The summed E-state index contributed by atoms with van der Waals surface area (Å²) in [6.45, 7) is 0. The van der Waals surface area contributed by atoms with Crippen LogP contribution in [0.4, 0.5) is 10.1 Å². The highest BCUT2D eigenvalue weighted by Crippen LogP contribution is 2.23. The summed E-state index contributed by atoms with van der Waals surface area (Å²) in [5.41, 5.74) is 5.62. The van der Waals surface area contributed by atoms with Gasteiger partial charge >= 0.3 is 11.6 Å². The fourth-order valence-corrected chi connectivity index (χ4v) is 2.32. The van der Waals surface area contributed by atoms with Gasteiger partial charge in [-0.25, -0.2) is 14.0 Å². The molecule has 0 amide bonds. The summed E-state index contributed by atoms with van der Waals surface area (Å²) in [6, 6.07) is 9.69. The number of hydrogen-bond acceptors (Lipinski definition) is 5. The Kier molecular flexibility index (Phi) is 4.22. The molecule has 0 saturated heterocycles. The molecule has 0 bridgehead atoms. The van der Waals surface area contributed by atoms with Crippen molar-refractivity contribution in [2.24, 2.45) is 0 Å². The number of hydrogen-bond donors (Lipinski definition) is 1. The molecule has 0 aliphatic carbocycles. The Morgan fingerprint density at radius 2 is 2.00 bits per heavy atom. The largest absolute Gasteiger partial charge is 0.422 e. The molecule has 0 aliphatic rings. The summed E-state index contributed by atoms with van der Waals surface area (Å²) in [6.07, 6.45) is 0. The second kappa shape index (κ2) is 6.33. The van der Waals surface area contributed by atoms with Gasteiger partial charge in [-0.1, -0.05) is 6.07 Å². The first-order valence-corrected chi connectivity index (χ1v) is 7.41. The second-order valence-corrected chi connectivity index (χ2v) is 5.29. The van der Waals surface area contributed by atoms with E-state index in [4.69, 9.17) is 26.5 Å². The molecule has 0 atom stereocenters. The van der Waals surface area contributed by atoms with Gasteiger partial charge < -0.3 is 14.9 Å². The average molecular weight is 348 g/mol. The van der Waals surface area contributed by atoms with Crippen LogP contribution in [0.3, 0.4) is 0 Å². The first-order valence-electron chi connectivity index (χ1n) is 6.88. The predicted octanol–water partition coefficient (Wildman–Crippen LogP) is 3.47. The van der Waals surface area contributed by atoms with Crippen molar-refractivity contribution >= 4 is 34.2 Å². The Hall–Kier alpha value is -2.86. The van der Waals surface area contributed by atoms with E-state index in [2.05, 4.69) is 0 Å². The predicted molar refractivity (Wildman–Crippen MR) is 87.8 cm³/mol. The number of carbonyl (C=O) groups is 1. The summed E-state index contributed by atoms with van der Waals surface area (Å²) in [7, 11) is 0. The van der Waals surface area contributed by atoms with Gasteiger partial charge in [-0.3, -0.25) is 0 Å². The van der Waals surface area contributed by atoms with Crippen molar-refractivity contribution in [3.63, 3.8) is 0 Å². The van der Waals surface area contributed by atoms with E-state index < -0.39 is 17.4 Å². The number of fused-ring (bicyclic) bond motifs is 1. The van der Waals surface area contributed by atoms with Crippen LogP contribution in [0.1, 0.15) is 15.9 Å². The van der Waals surface area contributed by atoms with Crippen molar-refractivity contribution in [2.75, 3.05) is 5.73 Å². The Morgan fingerprint density at radius 1 is 1.21 bits per heavy atom. The quantitative estimate of drug-likeness (QED) is 0.258. The molecule has 5 nitrogen and oxygen atoms in total. The molecule has 2 aromatic carbocycles. The minimum Gasteiger partial charge on any atom is -0.422 e. The summed E-state index contributed by atoms with van der Waals surface area (Å²) in [4.78, 5) is 24.2. The molecule has 3 aromatic rings. The first-order chi connectivity index (χ1) is 11.5. The Bertz CT molecular complexity index is 1000. The highest BCUT2D eigenvalue weighted by Gasteiger charge is 2.18. The van der Waals surface area contributed by atoms with Crippen LogP contribution in [0.25, 0.3) is 11.0 Å². The zero-order valence-electron chi connectivity index (χ0n) is 12.2. The lowest BCUT2D eigenvalue weighted by Gasteiger charge is -2.07. The molecule has 0 spiro atoms. The number of nitrogens with two attached hydrogens (primary N) is 1. The summed E-state index contributed by atoms with van der Waals surface area (Å²) in [5, 5.41) is 0.520. The van der Waals surface area contributed by atoms with Gasteiger partial charge in [-0.2, -0.15) is 0 Å². The number of nitrogen functional groups attached to an aromatic ring is 1. The molecule has 7 heteroatoms. The van der Waals surface area contributed by atoms with E-state index in [9.17, 15) is 14.0 Å². The van der Waals surface area contributed by atoms with E-state index in [1.165, 1.54) is 12.1 Å². The highest BCUT2D eigenvalue weighted by atomic mass is 35.5. The number of carbonyl (C=O) groups excluding carboxylic acids is 1. The maximum Gasteiger partial charge on any atom is 0.351 e. The van der Waals surface area contributed by atoms with Crippen molar-refractivity contribution in [2.45, 2.75) is 5.88 Å². The van der Waals surface area contributed by atoms with Crippen molar-refractivity contribution < 1.29 is 18.3 Å². The van der Waals surface area contributed by atoms with Crippen molar-refractivity contribution in [1.82, 2.24) is 0 Å². The molecule has 0 unspecified atom stereocenters. The summed E-state index contributed by atoms with van der Waals surface area (Å²) in [5.74, 6) is -1.51. The molecule has 3 rings (SSSR count). The third-order valence-electron chi connectivity index (χ3n) is 3.35. The SMILES string of the molecule is Nc1ccc(F)cc1OC(=O)c1cc2cc(CCl)ccc2oc1=O. The van der Waals surface area contributed by atoms with Crippen LogP contribution in [0.2, 0.25) is 0 Å². The standard InChI is InChI=1S/C17H11ClFNO4/c18-8-9-1-4-14-10(5-9)6-12(16(21)23-14)17(22)24-15-7-11(19)2-3-13(15)20/h1-7H,8,20H2. The molecule has 0 aliphatic heterocycles. The zero-order chi connectivity index (χ0) is 17.3. The van der Waals surface area contributed by atoms with Crippen LogP contribution >= 0.6 is 11.6 Å². The number of ether oxygens (including phenoxy) is 1. The van der Waals surface area contributed by atoms with E-state index in [-0.39, 0.29) is 22.9 Å². The number of benzene rings is 2. The van der Waals surface area contributed by atoms with E-state index in [1.807, 2.05) is 0 Å². The monoisotopic (exact) mass is 347 g/mol. The van der Waals surface area contributed by atoms with Crippen LogP contribution in [0, 0.1) is 5.82 Å². The van der Waals surface area contributed by atoms with E-state index >= 15 is 0 Å². The van der Waals surface area contributed by atoms with Gasteiger partial charge in [0, 0.05) is 17.3 Å². The van der Waals surface area contributed by atoms with E-state index in [0.717, 1.165) is 17.7 Å². The fourth-order valence-electron chi connectivity index (χ4n) is 2.15. The number of anilines is 1. The number of alkyl halides is 1. The second-order valence-electron chi connectivity index (χ2n) is 5.03. The smallest absolute Gasteiger partial charge is 0.351 e. The molecular formula is C17H11ClFNO4. The lowest BCUT2D eigenvalue weighted by molar-refractivity contribution is 0.0731. The van der Waals surface area contributed by atoms with E-state index in [0.29, 0.717) is 11.0 Å². The van der Waals surface area contributed by atoms with Gasteiger partial charge in [0.1, 0.15) is 17.0 Å². The lowest BCUT2D eigenvalue weighted by atomic mass is 10.1. The van der Waals surface area contributed by atoms with Crippen LogP contribution in [-0.4, -0.2) is 5.97 Å². The molecule has 122 valence electrons. The molecule has 1 aromatic heterocycles. The molecule has 1 heterocycles. The summed E-state index contributed by atoms with van der Waals surface area (Å²) < 4.78 is 23.3. The molecular weight excluding hydrogens is 337 g/mol. The third-order valence-corrected chi connectivity index (χ3v) is 3.66. The van der Waals surface area contributed by atoms with Gasteiger partial charge in [-0.15, -0.1) is 11.6 Å².